The van der Waals surface area contributed by atoms with E-state index in [4.69, 9.17) is 19.9 Å². The lowest BCUT2D eigenvalue weighted by Gasteiger charge is -2.27. The minimum Gasteiger partial charge on any atom is -0.382 e. The van der Waals surface area contributed by atoms with Crippen molar-refractivity contribution in [3.05, 3.63) is 16.7 Å². The Morgan fingerprint density at radius 1 is 1.43 bits per heavy atom. The molecule has 0 saturated carbocycles. The molecule has 2 heterocycles. The average Bonchev–Trinajstić information content (AvgIpc) is 2.92. The van der Waals surface area contributed by atoms with Crippen molar-refractivity contribution in [2.24, 2.45) is 0 Å². The Bertz CT molecular complexity index is 699. The molecule has 23 heavy (non-hydrogen) atoms. The molecule has 0 spiro atoms. The van der Waals surface area contributed by atoms with Crippen LogP contribution in [0.5, 0.6) is 0 Å². The predicted octanol–water partition coefficient (Wildman–Crippen LogP) is 0.236. The summed E-state index contributed by atoms with van der Waals surface area (Å²) in [6, 6.07) is 0. The maximum Gasteiger partial charge on any atom is 0.280 e. The molecule has 0 fully saturated rings. The summed E-state index contributed by atoms with van der Waals surface area (Å²) in [4.78, 5) is 22.2. The topological polar surface area (TPSA) is 117 Å². The van der Waals surface area contributed by atoms with E-state index in [2.05, 4.69) is 15.0 Å². The van der Waals surface area contributed by atoms with Gasteiger partial charge in [0.05, 0.1) is 12.9 Å². The van der Waals surface area contributed by atoms with Crippen LogP contribution in [0.15, 0.2) is 11.1 Å². The zero-order valence-electron chi connectivity index (χ0n) is 13.2. The molecule has 0 bridgehead atoms. The molecule has 2 aromatic heterocycles. The monoisotopic (exact) mass is 329 g/mol. The third kappa shape index (κ3) is 3.66. The van der Waals surface area contributed by atoms with Crippen LogP contribution in [0.25, 0.3) is 11.2 Å². The number of nitrogens with two attached hydrogens (primary N) is 1. The van der Waals surface area contributed by atoms with Crippen LogP contribution < -0.4 is 11.3 Å². The van der Waals surface area contributed by atoms with Gasteiger partial charge in [0, 0.05) is 14.2 Å². The maximum atomic E-state index is 13.0. The van der Waals surface area contributed by atoms with Crippen molar-refractivity contribution in [1.29, 1.82) is 0 Å². The molecule has 0 amide bonds. The molecular formula is C13H20FN5O4. The van der Waals surface area contributed by atoms with E-state index in [1.54, 1.807) is 6.92 Å². The summed E-state index contributed by atoms with van der Waals surface area (Å²) in [6.07, 6.45) is -0.577. The summed E-state index contributed by atoms with van der Waals surface area (Å²) in [6.45, 7) is 1.15. The van der Waals surface area contributed by atoms with Crippen LogP contribution in [0, 0.1) is 0 Å². The number of ether oxygens (including phenoxy) is 3. The maximum absolute atomic E-state index is 13.0. The van der Waals surface area contributed by atoms with Crippen LogP contribution in [0.2, 0.25) is 0 Å². The molecule has 3 atom stereocenters. The number of aromatic amines is 1. The largest absolute Gasteiger partial charge is 0.382 e. The molecule has 2 rings (SSSR count). The van der Waals surface area contributed by atoms with Gasteiger partial charge < -0.3 is 19.9 Å². The highest BCUT2D eigenvalue weighted by atomic mass is 19.1. The van der Waals surface area contributed by atoms with Crippen molar-refractivity contribution >= 4 is 17.1 Å². The molecule has 9 nitrogen and oxygen atoms in total. The first-order valence-corrected chi connectivity index (χ1v) is 6.97. The standard InChI is InChI=1S/C13H20FN5O4/c1-7(23-9(5-21-2)8(4-14)22-3)19-6-16-10-11(19)17-13(15)18-12(10)20/h6-9H,4-5H2,1-3H3,(H3,15,17,18,20)/t7-,8?,9?/m1/s1. The molecule has 3 N–H and O–H groups in total. The number of hydrogen-bond donors (Lipinski definition) is 2. The van der Waals surface area contributed by atoms with Crippen LogP contribution in [0.3, 0.4) is 0 Å². The Balaban J connectivity index is 2.29. The highest BCUT2D eigenvalue weighted by Crippen LogP contribution is 2.19. The first-order valence-electron chi connectivity index (χ1n) is 6.97. The van der Waals surface area contributed by atoms with Crippen molar-refractivity contribution in [1.82, 2.24) is 19.5 Å². The summed E-state index contributed by atoms with van der Waals surface area (Å²) >= 11 is 0. The van der Waals surface area contributed by atoms with Gasteiger partial charge in [0.2, 0.25) is 5.95 Å². The number of methoxy groups -OCH3 is 2. The molecule has 128 valence electrons. The van der Waals surface area contributed by atoms with Crippen molar-refractivity contribution in [3.8, 4) is 0 Å². The lowest BCUT2D eigenvalue weighted by Crippen LogP contribution is -2.37. The van der Waals surface area contributed by atoms with Gasteiger partial charge in [-0.2, -0.15) is 4.98 Å². The van der Waals surface area contributed by atoms with E-state index in [-0.39, 0.29) is 23.7 Å². The normalized spacial score (nSPS) is 15.7. The Morgan fingerprint density at radius 2 is 2.17 bits per heavy atom. The van der Waals surface area contributed by atoms with E-state index in [0.717, 1.165) is 0 Å². The van der Waals surface area contributed by atoms with Crippen LogP contribution in [0.1, 0.15) is 13.2 Å². The summed E-state index contributed by atoms with van der Waals surface area (Å²) in [5.74, 6) is -0.0246. The van der Waals surface area contributed by atoms with Crippen LogP contribution in [-0.4, -0.2) is 59.2 Å². The highest BCUT2D eigenvalue weighted by molar-refractivity contribution is 5.70. The van der Waals surface area contributed by atoms with Crippen LogP contribution in [-0.2, 0) is 14.2 Å². The molecule has 2 unspecified atom stereocenters. The average molecular weight is 329 g/mol. The minimum atomic E-state index is -0.770. The Hall–Kier alpha value is -2.04. The second kappa shape index (κ2) is 7.49. The Kier molecular flexibility index (Phi) is 5.64. The zero-order valence-corrected chi connectivity index (χ0v) is 13.2. The van der Waals surface area contributed by atoms with Gasteiger partial charge in [-0.05, 0) is 6.92 Å². The molecule has 0 aliphatic heterocycles. The fourth-order valence-electron chi connectivity index (χ4n) is 2.24. The number of fused-ring (bicyclic) bond motifs is 1. The van der Waals surface area contributed by atoms with E-state index in [1.165, 1.54) is 25.1 Å². The van der Waals surface area contributed by atoms with Crippen LogP contribution in [0.4, 0.5) is 10.3 Å². The minimum absolute atomic E-state index is 0.0246. The summed E-state index contributed by atoms with van der Waals surface area (Å²) < 4.78 is 30.5. The fourth-order valence-corrected chi connectivity index (χ4v) is 2.24. The van der Waals surface area contributed by atoms with Gasteiger partial charge in [-0.25, -0.2) is 9.37 Å². The number of H-pyrrole nitrogens is 1. The highest BCUT2D eigenvalue weighted by Gasteiger charge is 2.26. The number of anilines is 1. The van der Waals surface area contributed by atoms with Crippen molar-refractivity contribution in [3.63, 3.8) is 0 Å². The van der Waals surface area contributed by atoms with E-state index in [1.807, 2.05) is 0 Å². The molecule has 10 heteroatoms. The number of nitrogen functional groups attached to an aromatic ring is 1. The van der Waals surface area contributed by atoms with Gasteiger partial charge >= 0.3 is 0 Å². The van der Waals surface area contributed by atoms with Crippen molar-refractivity contribution < 1.29 is 18.6 Å². The third-order valence-electron chi connectivity index (χ3n) is 3.41. The molecule has 0 aliphatic rings. The molecule has 0 saturated heterocycles. The fraction of sp³-hybridized carbons (Fsp3) is 0.615. The van der Waals surface area contributed by atoms with Gasteiger partial charge in [-0.15, -0.1) is 0 Å². The van der Waals surface area contributed by atoms with E-state index in [9.17, 15) is 9.18 Å². The zero-order chi connectivity index (χ0) is 17.0. The van der Waals surface area contributed by atoms with E-state index >= 15 is 0 Å². The summed E-state index contributed by atoms with van der Waals surface area (Å²) in [5.41, 5.74) is 5.54. The second-order valence-corrected chi connectivity index (χ2v) is 4.93. The molecule has 2 aromatic rings. The SMILES string of the molecule is COCC(O[C@H](C)n1cnc2c(=O)[nH]c(N)nc21)C(CF)OC. The van der Waals surface area contributed by atoms with Gasteiger partial charge in [0.15, 0.2) is 11.2 Å². The molecule has 0 radical (unpaired) electrons. The molecular weight excluding hydrogens is 309 g/mol. The number of nitrogens with zero attached hydrogens (tertiary/aromatic N) is 3. The Morgan fingerprint density at radius 3 is 2.78 bits per heavy atom. The predicted molar refractivity (Wildman–Crippen MR) is 80.8 cm³/mol. The van der Waals surface area contributed by atoms with Gasteiger partial charge in [0.25, 0.3) is 5.56 Å². The number of imidazole rings is 1. The van der Waals surface area contributed by atoms with Crippen molar-refractivity contribution in [2.45, 2.75) is 25.4 Å². The van der Waals surface area contributed by atoms with Crippen molar-refractivity contribution in [2.75, 3.05) is 33.2 Å². The van der Waals surface area contributed by atoms with Gasteiger partial charge in [0.1, 0.15) is 25.1 Å². The van der Waals surface area contributed by atoms with E-state index in [0.29, 0.717) is 0 Å². The second-order valence-electron chi connectivity index (χ2n) is 4.93. The van der Waals surface area contributed by atoms with Gasteiger partial charge in [-0.3, -0.25) is 14.3 Å². The number of halogens is 1. The quantitative estimate of drug-likeness (QED) is 0.712. The Labute approximate surface area is 131 Å². The van der Waals surface area contributed by atoms with Gasteiger partial charge in [-0.1, -0.05) is 0 Å². The number of nitrogens with one attached hydrogen (secondary N) is 1. The molecule has 0 aromatic carbocycles. The van der Waals surface area contributed by atoms with Crippen LogP contribution >= 0.6 is 0 Å². The first-order chi connectivity index (χ1) is 11.0. The smallest absolute Gasteiger partial charge is 0.280 e. The summed E-state index contributed by atoms with van der Waals surface area (Å²) in [7, 11) is 2.88. The first kappa shape index (κ1) is 17.3. The lowest BCUT2D eigenvalue weighted by molar-refractivity contribution is -0.134. The molecule has 0 aliphatic carbocycles. The summed E-state index contributed by atoms with van der Waals surface area (Å²) in [5, 5.41) is 0. The lowest BCUT2D eigenvalue weighted by atomic mass is 10.2. The third-order valence-corrected chi connectivity index (χ3v) is 3.41. The number of hydrogen-bond acceptors (Lipinski definition) is 7. The number of alkyl halides is 1. The van der Waals surface area contributed by atoms with E-state index < -0.39 is 30.7 Å². The number of rotatable bonds is 8. The number of aromatic nitrogens is 4.